The highest BCUT2D eigenvalue weighted by Crippen LogP contribution is 2.24. The Morgan fingerprint density at radius 2 is 1.95 bits per heavy atom. The molecule has 1 N–H and O–H groups in total. The van der Waals surface area contributed by atoms with E-state index in [-0.39, 0.29) is 17.8 Å². The summed E-state index contributed by atoms with van der Waals surface area (Å²) in [6, 6.07) is 5.93. The Balaban J connectivity index is 2.10. The van der Waals surface area contributed by atoms with Crippen LogP contribution in [-0.2, 0) is 4.74 Å². The van der Waals surface area contributed by atoms with Gasteiger partial charge in [0.25, 0.3) is 0 Å². The molecule has 0 saturated carbocycles. The molecule has 2 rings (SSSR count). The molecule has 5 heteroatoms. The first kappa shape index (κ1) is 15.3. The molecule has 0 saturated heterocycles. The van der Waals surface area contributed by atoms with Gasteiger partial charge in [-0.2, -0.15) is 0 Å². The van der Waals surface area contributed by atoms with E-state index >= 15 is 0 Å². The van der Waals surface area contributed by atoms with E-state index in [0.29, 0.717) is 5.76 Å². The first-order chi connectivity index (χ1) is 10.0. The van der Waals surface area contributed by atoms with Gasteiger partial charge < -0.3 is 14.5 Å². The van der Waals surface area contributed by atoms with Gasteiger partial charge in [-0.15, -0.1) is 0 Å². The lowest BCUT2D eigenvalue weighted by Crippen LogP contribution is -2.22. The second-order valence-corrected chi connectivity index (χ2v) is 5.04. The number of hydrogen-bond acceptors (Lipinski definition) is 5. The maximum atomic E-state index is 11.6. The second kappa shape index (κ2) is 6.54. The van der Waals surface area contributed by atoms with Crippen LogP contribution in [0, 0.1) is 6.92 Å². The van der Waals surface area contributed by atoms with Crippen molar-refractivity contribution in [3.05, 3.63) is 53.2 Å². The van der Waals surface area contributed by atoms with Crippen LogP contribution in [0.25, 0.3) is 0 Å². The Labute approximate surface area is 124 Å². The van der Waals surface area contributed by atoms with Crippen molar-refractivity contribution in [2.45, 2.75) is 32.9 Å². The van der Waals surface area contributed by atoms with E-state index < -0.39 is 5.97 Å². The van der Waals surface area contributed by atoms with Crippen molar-refractivity contribution in [3.8, 4) is 0 Å². The van der Waals surface area contributed by atoms with Crippen molar-refractivity contribution in [3.63, 3.8) is 0 Å². The lowest BCUT2D eigenvalue weighted by molar-refractivity contribution is 0.0561. The second-order valence-electron chi connectivity index (χ2n) is 5.04. The van der Waals surface area contributed by atoms with E-state index in [2.05, 4.69) is 17.2 Å². The van der Waals surface area contributed by atoms with Gasteiger partial charge in [-0.1, -0.05) is 0 Å². The van der Waals surface area contributed by atoms with Gasteiger partial charge in [-0.25, -0.2) is 4.79 Å². The smallest absolute Gasteiger partial charge is 0.374 e. The maximum Gasteiger partial charge on any atom is 0.374 e. The van der Waals surface area contributed by atoms with Crippen LogP contribution in [0.15, 0.2) is 35.0 Å². The molecule has 0 unspecified atom stereocenters. The maximum absolute atomic E-state index is 11.6. The summed E-state index contributed by atoms with van der Waals surface area (Å²) in [5.41, 5.74) is 1.93. The van der Waals surface area contributed by atoms with Gasteiger partial charge in [-0.05, 0) is 44.5 Å². The van der Waals surface area contributed by atoms with Gasteiger partial charge in [0.1, 0.15) is 5.76 Å². The van der Waals surface area contributed by atoms with Gasteiger partial charge >= 0.3 is 5.97 Å². The van der Waals surface area contributed by atoms with Crippen molar-refractivity contribution in [1.82, 2.24) is 10.3 Å². The predicted molar refractivity (Wildman–Crippen MR) is 79.0 cm³/mol. The van der Waals surface area contributed by atoms with Gasteiger partial charge in [-0.3, -0.25) is 4.98 Å². The number of carbonyl (C=O) groups is 1. The van der Waals surface area contributed by atoms with Crippen LogP contribution < -0.4 is 5.32 Å². The minimum atomic E-state index is -0.451. The summed E-state index contributed by atoms with van der Waals surface area (Å²) in [4.78, 5) is 15.6. The van der Waals surface area contributed by atoms with Crippen molar-refractivity contribution in [2.75, 3.05) is 7.11 Å². The van der Waals surface area contributed by atoms with Gasteiger partial charge in [0.15, 0.2) is 0 Å². The summed E-state index contributed by atoms with van der Waals surface area (Å²) >= 11 is 0. The summed E-state index contributed by atoms with van der Waals surface area (Å²) in [6.07, 6.45) is 3.54. The molecule has 21 heavy (non-hydrogen) atoms. The summed E-state index contributed by atoms with van der Waals surface area (Å²) in [7, 11) is 1.34. The number of ether oxygens (including phenoxy) is 1. The summed E-state index contributed by atoms with van der Waals surface area (Å²) in [5.74, 6) is 0.527. The van der Waals surface area contributed by atoms with Crippen molar-refractivity contribution >= 4 is 5.97 Å². The van der Waals surface area contributed by atoms with Crippen LogP contribution in [0.4, 0.5) is 0 Å². The molecule has 112 valence electrons. The highest BCUT2D eigenvalue weighted by Gasteiger charge is 2.20. The number of rotatable bonds is 5. The lowest BCUT2D eigenvalue weighted by Gasteiger charge is -2.18. The minimum Gasteiger partial charge on any atom is -0.463 e. The third kappa shape index (κ3) is 3.49. The number of methoxy groups -OCH3 is 1. The molecule has 0 aliphatic carbocycles. The van der Waals surface area contributed by atoms with E-state index in [1.165, 1.54) is 7.11 Å². The molecular formula is C16H20N2O3. The van der Waals surface area contributed by atoms with Gasteiger partial charge in [0.2, 0.25) is 5.76 Å². The molecule has 0 bridgehead atoms. The molecule has 0 aliphatic rings. The lowest BCUT2D eigenvalue weighted by atomic mass is 10.1. The zero-order valence-corrected chi connectivity index (χ0v) is 12.7. The third-order valence-electron chi connectivity index (χ3n) is 3.44. The van der Waals surface area contributed by atoms with Gasteiger partial charge in [0, 0.05) is 24.0 Å². The van der Waals surface area contributed by atoms with E-state index in [0.717, 1.165) is 11.1 Å². The van der Waals surface area contributed by atoms with Crippen LogP contribution in [-0.4, -0.2) is 18.1 Å². The van der Waals surface area contributed by atoms with Crippen molar-refractivity contribution in [1.29, 1.82) is 0 Å². The van der Waals surface area contributed by atoms with Crippen molar-refractivity contribution in [2.24, 2.45) is 0 Å². The summed E-state index contributed by atoms with van der Waals surface area (Å²) in [5, 5.41) is 3.44. The number of furan rings is 1. The summed E-state index contributed by atoms with van der Waals surface area (Å²) in [6.45, 7) is 5.90. The van der Waals surface area contributed by atoms with E-state index in [1.807, 2.05) is 32.0 Å². The minimum absolute atomic E-state index is 0.0229. The molecule has 5 nitrogen and oxygen atoms in total. The van der Waals surface area contributed by atoms with Gasteiger partial charge in [0.05, 0.1) is 13.2 Å². The summed E-state index contributed by atoms with van der Waals surface area (Å²) < 4.78 is 10.3. The fraction of sp³-hybridized carbons (Fsp3) is 0.375. The number of aromatic nitrogens is 1. The number of carbonyl (C=O) groups excluding carboxylic acids is 1. The van der Waals surface area contributed by atoms with Crippen LogP contribution in [0.1, 0.15) is 53.4 Å². The molecule has 0 aromatic carbocycles. The Kier molecular flexibility index (Phi) is 4.75. The first-order valence-electron chi connectivity index (χ1n) is 6.87. The quantitative estimate of drug-likeness (QED) is 0.856. The fourth-order valence-corrected chi connectivity index (χ4v) is 2.22. The normalized spacial score (nSPS) is 13.7. The molecule has 0 aliphatic heterocycles. The van der Waals surface area contributed by atoms with Crippen LogP contribution >= 0.6 is 0 Å². The van der Waals surface area contributed by atoms with Crippen LogP contribution in [0.5, 0.6) is 0 Å². The SMILES string of the molecule is COC(=O)c1oc([C@H](C)N[C@@H](C)c2ccncc2)cc1C. The van der Waals surface area contributed by atoms with E-state index in [1.54, 1.807) is 12.4 Å². The highest BCUT2D eigenvalue weighted by molar-refractivity contribution is 5.87. The van der Waals surface area contributed by atoms with Crippen LogP contribution in [0.3, 0.4) is 0 Å². The molecule has 2 aromatic rings. The average Bonchev–Trinajstić information content (AvgIpc) is 2.89. The van der Waals surface area contributed by atoms with Crippen molar-refractivity contribution < 1.29 is 13.9 Å². The molecule has 2 aromatic heterocycles. The predicted octanol–water partition coefficient (Wildman–Crippen LogP) is 3.18. The number of pyridine rings is 1. The Bertz CT molecular complexity index is 607. The number of esters is 1. The molecule has 2 atom stereocenters. The van der Waals surface area contributed by atoms with E-state index in [4.69, 9.17) is 9.15 Å². The molecular weight excluding hydrogens is 268 g/mol. The monoisotopic (exact) mass is 288 g/mol. The fourth-order valence-electron chi connectivity index (χ4n) is 2.22. The Hall–Kier alpha value is -2.14. The Morgan fingerprint density at radius 1 is 1.29 bits per heavy atom. The zero-order chi connectivity index (χ0) is 15.4. The largest absolute Gasteiger partial charge is 0.463 e. The molecule has 0 fully saturated rings. The van der Waals surface area contributed by atoms with Crippen LogP contribution in [0.2, 0.25) is 0 Å². The molecule has 0 amide bonds. The number of aryl methyl sites for hydroxylation is 1. The number of nitrogens with zero attached hydrogens (tertiary/aromatic N) is 1. The number of nitrogens with one attached hydrogen (secondary N) is 1. The standard InChI is InChI=1S/C16H20N2O3/c1-10-9-14(21-15(10)16(19)20-4)12(3)18-11(2)13-5-7-17-8-6-13/h5-9,11-12,18H,1-4H3/t11-,12-/m0/s1. The molecule has 0 radical (unpaired) electrons. The Morgan fingerprint density at radius 3 is 2.57 bits per heavy atom. The first-order valence-corrected chi connectivity index (χ1v) is 6.87. The average molecular weight is 288 g/mol. The van der Waals surface area contributed by atoms with E-state index in [9.17, 15) is 4.79 Å². The topological polar surface area (TPSA) is 64.4 Å². The molecule has 2 heterocycles. The zero-order valence-electron chi connectivity index (χ0n) is 12.7. The highest BCUT2D eigenvalue weighted by atomic mass is 16.5. The third-order valence-corrected chi connectivity index (χ3v) is 3.44. The molecule has 0 spiro atoms. The number of hydrogen-bond donors (Lipinski definition) is 1.